The Labute approximate surface area is 79.6 Å². The lowest BCUT2D eigenvalue weighted by atomic mass is 10.2. The molecule has 1 aromatic carbocycles. The van der Waals surface area contributed by atoms with Crippen molar-refractivity contribution in [3.05, 3.63) is 34.3 Å². The monoisotopic (exact) mass is 227 g/mol. The Morgan fingerprint density at radius 3 is 2.75 bits per heavy atom. The molecule has 0 amide bonds. The molecule has 64 valence electrons. The lowest BCUT2D eigenvalue weighted by Crippen LogP contribution is -2.22. The second-order valence-corrected chi connectivity index (χ2v) is 3.29. The summed E-state index contributed by atoms with van der Waals surface area (Å²) < 4.78 is 1.03. The van der Waals surface area contributed by atoms with E-state index < -0.39 is 0 Å². The van der Waals surface area contributed by atoms with Gasteiger partial charge in [-0.25, -0.2) is 4.99 Å². The zero-order valence-corrected chi connectivity index (χ0v) is 8.08. The number of nitrogens with zero attached hydrogens (tertiary/aromatic N) is 1. The number of hydrogen-bond donors (Lipinski definition) is 2. The van der Waals surface area contributed by atoms with E-state index in [1.54, 1.807) is 0 Å². The fraction of sp³-hybridized carbons (Fsp3) is 0.125. The van der Waals surface area contributed by atoms with Crippen molar-refractivity contribution >= 4 is 21.9 Å². The van der Waals surface area contributed by atoms with Crippen molar-refractivity contribution in [2.24, 2.45) is 16.5 Å². The fourth-order valence-electron chi connectivity index (χ4n) is 0.818. The summed E-state index contributed by atoms with van der Waals surface area (Å²) in [5.74, 6) is 0.120. The van der Waals surface area contributed by atoms with Crippen molar-refractivity contribution in [3.63, 3.8) is 0 Å². The van der Waals surface area contributed by atoms with Gasteiger partial charge in [0.05, 0.1) is 6.54 Å². The van der Waals surface area contributed by atoms with E-state index in [2.05, 4.69) is 20.9 Å². The van der Waals surface area contributed by atoms with Gasteiger partial charge in [0.15, 0.2) is 5.96 Å². The third kappa shape index (κ3) is 2.92. The minimum atomic E-state index is 0.120. The Morgan fingerprint density at radius 2 is 2.17 bits per heavy atom. The number of benzene rings is 1. The summed E-state index contributed by atoms with van der Waals surface area (Å²) in [5, 5.41) is 0. The highest BCUT2D eigenvalue weighted by molar-refractivity contribution is 9.10. The predicted octanol–water partition coefficient (Wildman–Crippen LogP) is 1.22. The quantitative estimate of drug-likeness (QED) is 0.590. The predicted molar refractivity (Wildman–Crippen MR) is 53.7 cm³/mol. The maximum Gasteiger partial charge on any atom is 0.186 e. The molecule has 1 rings (SSSR count). The summed E-state index contributed by atoms with van der Waals surface area (Å²) in [6.45, 7) is 0.530. The van der Waals surface area contributed by atoms with Crippen LogP contribution in [0.3, 0.4) is 0 Å². The lowest BCUT2D eigenvalue weighted by Gasteiger charge is -1.97. The minimum Gasteiger partial charge on any atom is -0.370 e. The zero-order chi connectivity index (χ0) is 8.97. The maximum absolute atomic E-state index is 5.19. The molecule has 0 saturated carbocycles. The first-order valence-electron chi connectivity index (χ1n) is 3.48. The Morgan fingerprint density at radius 1 is 1.42 bits per heavy atom. The van der Waals surface area contributed by atoms with E-state index >= 15 is 0 Å². The molecule has 4 N–H and O–H groups in total. The first-order valence-corrected chi connectivity index (χ1v) is 4.27. The molecule has 0 atom stereocenters. The zero-order valence-electron chi connectivity index (χ0n) is 6.50. The SMILES string of the molecule is NC(N)=NCc1cccc(Br)c1. The number of guanidine groups is 1. The minimum absolute atomic E-state index is 0.120. The van der Waals surface area contributed by atoms with Crippen LogP contribution >= 0.6 is 15.9 Å². The van der Waals surface area contributed by atoms with E-state index in [-0.39, 0.29) is 5.96 Å². The molecule has 0 aliphatic carbocycles. The molecule has 0 aliphatic rings. The summed E-state index contributed by atoms with van der Waals surface area (Å²) in [6, 6.07) is 7.85. The van der Waals surface area contributed by atoms with Gasteiger partial charge in [0.2, 0.25) is 0 Å². The van der Waals surface area contributed by atoms with Gasteiger partial charge < -0.3 is 11.5 Å². The summed E-state index contributed by atoms with van der Waals surface area (Å²) in [6.07, 6.45) is 0. The normalized spacial score (nSPS) is 9.42. The van der Waals surface area contributed by atoms with Crippen LogP contribution in [0.4, 0.5) is 0 Å². The molecule has 3 nitrogen and oxygen atoms in total. The molecule has 0 radical (unpaired) electrons. The van der Waals surface area contributed by atoms with Crippen LogP contribution < -0.4 is 11.5 Å². The summed E-state index contributed by atoms with van der Waals surface area (Å²) in [4.78, 5) is 3.89. The van der Waals surface area contributed by atoms with Gasteiger partial charge in [0.1, 0.15) is 0 Å². The van der Waals surface area contributed by atoms with Gasteiger partial charge in [0.25, 0.3) is 0 Å². The molecule has 0 unspecified atom stereocenters. The van der Waals surface area contributed by atoms with Crippen molar-refractivity contribution in [1.29, 1.82) is 0 Å². The van der Waals surface area contributed by atoms with Gasteiger partial charge in [-0.15, -0.1) is 0 Å². The van der Waals surface area contributed by atoms with Crippen LogP contribution in [0, 0.1) is 0 Å². The van der Waals surface area contributed by atoms with Crippen LogP contribution in [0.5, 0.6) is 0 Å². The molecule has 0 heterocycles. The van der Waals surface area contributed by atoms with E-state index in [1.807, 2.05) is 24.3 Å². The average molecular weight is 228 g/mol. The highest BCUT2D eigenvalue weighted by Crippen LogP contribution is 2.11. The molecule has 0 aromatic heterocycles. The van der Waals surface area contributed by atoms with Crippen molar-refractivity contribution in [2.75, 3.05) is 0 Å². The van der Waals surface area contributed by atoms with Crippen molar-refractivity contribution in [2.45, 2.75) is 6.54 Å². The molecule has 4 heteroatoms. The maximum atomic E-state index is 5.19. The van der Waals surface area contributed by atoms with E-state index in [0.717, 1.165) is 10.0 Å². The average Bonchev–Trinajstić information content (AvgIpc) is 2.01. The topological polar surface area (TPSA) is 64.4 Å². The van der Waals surface area contributed by atoms with E-state index in [1.165, 1.54) is 0 Å². The van der Waals surface area contributed by atoms with Gasteiger partial charge >= 0.3 is 0 Å². The number of nitrogens with two attached hydrogens (primary N) is 2. The molecule has 0 aliphatic heterocycles. The van der Waals surface area contributed by atoms with E-state index in [0.29, 0.717) is 6.54 Å². The van der Waals surface area contributed by atoms with Gasteiger partial charge in [-0.05, 0) is 17.7 Å². The summed E-state index contributed by atoms with van der Waals surface area (Å²) in [7, 11) is 0. The third-order valence-electron chi connectivity index (χ3n) is 1.33. The molecule has 0 saturated heterocycles. The van der Waals surface area contributed by atoms with Crippen LogP contribution in [0.2, 0.25) is 0 Å². The van der Waals surface area contributed by atoms with Gasteiger partial charge in [-0.2, -0.15) is 0 Å². The van der Waals surface area contributed by atoms with Gasteiger partial charge in [0, 0.05) is 4.47 Å². The molecule has 0 fully saturated rings. The van der Waals surface area contributed by atoms with Crippen molar-refractivity contribution in [3.8, 4) is 0 Å². The smallest absolute Gasteiger partial charge is 0.186 e. The molecule has 12 heavy (non-hydrogen) atoms. The van der Waals surface area contributed by atoms with Gasteiger partial charge in [-0.1, -0.05) is 28.1 Å². The molecular formula is C8H10BrN3. The van der Waals surface area contributed by atoms with E-state index in [4.69, 9.17) is 11.5 Å². The first kappa shape index (κ1) is 9.06. The molecule has 0 spiro atoms. The highest BCUT2D eigenvalue weighted by Gasteiger charge is 1.91. The van der Waals surface area contributed by atoms with Crippen LogP contribution in [-0.2, 0) is 6.54 Å². The Hall–Kier alpha value is -1.03. The number of rotatable bonds is 2. The fourth-order valence-corrected chi connectivity index (χ4v) is 1.26. The number of hydrogen-bond acceptors (Lipinski definition) is 1. The van der Waals surface area contributed by atoms with Gasteiger partial charge in [-0.3, -0.25) is 0 Å². The summed E-state index contributed by atoms with van der Waals surface area (Å²) >= 11 is 3.36. The largest absolute Gasteiger partial charge is 0.370 e. The Balaban J connectivity index is 2.70. The number of aliphatic imine (C=N–C) groups is 1. The highest BCUT2D eigenvalue weighted by atomic mass is 79.9. The van der Waals surface area contributed by atoms with Crippen molar-refractivity contribution in [1.82, 2.24) is 0 Å². The first-order chi connectivity index (χ1) is 5.68. The lowest BCUT2D eigenvalue weighted by molar-refractivity contribution is 1.05. The van der Waals surface area contributed by atoms with Crippen LogP contribution in [-0.4, -0.2) is 5.96 Å². The van der Waals surface area contributed by atoms with Crippen LogP contribution in [0.1, 0.15) is 5.56 Å². The second-order valence-electron chi connectivity index (χ2n) is 2.37. The standard InChI is InChI=1S/C8H10BrN3/c9-7-3-1-2-6(4-7)5-12-8(10)11/h1-4H,5H2,(H4,10,11,12). The molecular weight excluding hydrogens is 218 g/mol. The number of halogens is 1. The third-order valence-corrected chi connectivity index (χ3v) is 1.83. The second kappa shape index (κ2) is 4.11. The Bertz CT molecular complexity index is 292. The van der Waals surface area contributed by atoms with Crippen molar-refractivity contribution < 1.29 is 0 Å². The Kier molecular flexibility index (Phi) is 3.10. The molecule has 0 bridgehead atoms. The summed E-state index contributed by atoms with van der Waals surface area (Å²) in [5.41, 5.74) is 11.5. The molecule has 1 aromatic rings. The van der Waals surface area contributed by atoms with E-state index in [9.17, 15) is 0 Å². The van der Waals surface area contributed by atoms with Crippen LogP contribution in [0.15, 0.2) is 33.7 Å². The van der Waals surface area contributed by atoms with Crippen LogP contribution in [0.25, 0.3) is 0 Å².